The molecule has 4 heterocycles. The highest BCUT2D eigenvalue weighted by Gasteiger charge is 2.34. The number of aryl methyl sites for hydroxylation is 3. The molecule has 0 spiro atoms. The highest BCUT2D eigenvalue weighted by molar-refractivity contribution is 5.97. The Morgan fingerprint density at radius 1 is 0.867 bits per heavy atom. The van der Waals surface area contributed by atoms with Gasteiger partial charge in [-0.2, -0.15) is 5.10 Å². The summed E-state index contributed by atoms with van der Waals surface area (Å²) < 4.78 is 1.82. The van der Waals surface area contributed by atoms with Gasteiger partial charge in [-0.1, -0.05) is 30.3 Å². The number of hydrogen-bond acceptors (Lipinski definition) is 7. The number of benzene rings is 2. The predicted octanol–water partition coefficient (Wildman–Crippen LogP) is 3.86. The van der Waals surface area contributed by atoms with E-state index >= 15 is 0 Å². The number of piperidine rings is 1. The van der Waals surface area contributed by atoms with Crippen LogP contribution in [0.4, 0.5) is 0 Å². The van der Waals surface area contributed by atoms with Gasteiger partial charge < -0.3 is 15.1 Å². The summed E-state index contributed by atoms with van der Waals surface area (Å²) >= 11 is 0. The highest BCUT2D eigenvalue weighted by Crippen LogP contribution is 2.24. The van der Waals surface area contributed by atoms with Crippen molar-refractivity contribution in [2.24, 2.45) is 0 Å². The Morgan fingerprint density at radius 2 is 1.64 bits per heavy atom. The molecule has 0 bridgehead atoms. The van der Waals surface area contributed by atoms with E-state index in [9.17, 15) is 14.4 Å². The molecule has 0 aliphatic carbocycles. The van der Waals surface area contributed by atoms with Crippen molar-refractivity contribution in [1.82, 2.24) is 39.8 Å². The van der Waals surface area contributed by atoms with Crippen LogP contribution in [0.1, 0.15) is 77.1 Å². The van der Waals surface area contributed by atoms with Crippen molar-refractivity contribution in [3.05, 3.63) is 82.7 Å². The van der Waals surface area contributed by atoms with Crippen LogP contribution in [0.25, 0.3) is 11.0 Å². The zero-order valence-electron chi connectivity index (χ0n) is 26.2. The lowest BCUT2D eigenvalue weighted by molar-refractivity contribution is -0.142. The van der Waals surface area contributed by atoms with Crippen LogP contribution >= 0.6 is 0 Å². The van der Waals surface area contributed by atoms with Crippen LogP contribution in [0.3, 0.4) is 0 Å². The third kappa shape index (κ3) is 6.72. The molecule has 11 nitrogen and oxygen atoms in total. The number of carbonyl (C=O) groups excluding carboxylic acids is 3. The topological polar surface area (TPSA) is 126 Å². The van der Waals surface area contributed by atoms with Gasteiger partial charge in [0.1, 0.15) is 17.7 Å². The van der Waals surface area contributed by atoms with Crippen LogP contribution in [-0.4, -0.2) is 77.9 Å². The van der Waals surface area contributed by atoms with Crippen LogP contribution in [0, 0.1) is 20.8 Å². The van der Waals surface area contributed by atoms with E-state index in [0.29, 0.717) is 68.2 Å². The maximum atomic E-state index is 14.0. The largest absolute Gasteiger partial charge is 0.344 e. The maximum Gasteiger partial charge on any atom is 0.253 e. The standard InChI is InChI=1S/C34H40N8O3/c1-22-23(2)36-28-21-26(14-15-27(28)35-22)34(45)40-16-9-13-31(43)41-17-8-7-12-30(41)33(44)38-29(20-25-10-5-4-6-11-25)32-37-24(3)39-42(32)19-18-40/h4-6,10-11,14-15,21,29-30H,7-9,12-13,16-20H2,1-3H3,(H,38,44)/t29-,30+/m1/s1. The molecule has 0 unspecified atom stereocenters. The Morgan fingerprint density at radius 3 is 2.44 bits per heavy atom. The molecule has 2 atom stereocenters. The molecule has 0 saturated carbocycles. The molecule has 1 fully saturated rings. The SMILES string of the molecule is Cc1nc2n(n1)CCN(C(=O)c1ccc3nc(C)c(C)nc3c1)CCCC(=O)N1CCCC[C@H]1C(=O)N[C@@H]2Cc1ccccc1. The van der Waals surface area contributed by atoms with Crippen molar-refractivity contribution < 1.29 is 14.4 Å². The fraction of sp³-hybridized carbons (Fsp3) is 0.441. The van der Waals surface area contributed by atoms with Gasteiger partial charge in [-0.15, -0.1) is 0 Å². The van der Waals surface area contributed by atoms with E-state index in [1.54, 1.807) is 21.9 Å². The molecule has 3 amide bonds. The lowest BCUT2D eigenvalue weighted by Gasteiger charge is -2.36. The molecule has 2 aliphatic rings. The number of nitrogens with one attached hydrogen (secondary N) is 1. The minimum absolute atomic E-state index is 0.0512. The number of amides is 3. The second-order valence-electron chi connectivity index (χ2n) is 12.1. The molecule has 6 rings (SSSR count). The Balaban J connectivity index is 1.34. The molecular formula is C34H40N8O3. The minimum atomic E-state index is -0.534. The smallest absolute Gasteiger partial charge is 0.253 e. The average molecular weight is 609 g/mol. The number of aromatic nitrogens is 5. The van der Waals surface area contributed by atoms with E-state index in [2.05, 4.69) is 15.3 Å². The Kier molecular flexibility index (Phi) is 8.86. The summed E-state index contributed by atoms with van der Waals surface area (Å²) in [5, 5.41) is 7.93. The summed E-state index contributed by atoms with van der Waals surface area (Å²) in [6.07, 6.45) is 3.64. The fourth-order valence-corrected chi connectivity index (χ4v) is 6.36. The van der Waals surface area contributed by atoms with Gasteiger partial charge in [-0.3, -0.25) is 14.4 Å². The van der Waals surface area contributed by atoms with Crippen molar-refractivity contribution in [3.8, 4) is 0 Å². The van der Waals surface area contributed by atoms with E-state index in [4.69, 9.17) is 10.1 Å². The summed E-state index contributed by atoms with van der Waals surface area (Å²) in [6, 6.07) is 14.4. The molecular weight excluding hydrogens is 568 g/mol. The average Bonchev–Trinajstić information content (AvgIpc) is 3.42. The molecule has 2 aromatic carbocycles. The summed E-state index contributed by atoms with van der Waals surface area (Å²) in [6.45, 7) is 7.35. The van der Waals surface area contributed by atoms with Crippen molar-refractivity contribution in [1.29, 1.82) is 0 Å². The van der Waals surface area contributed by atoms with Gasteiger partial charge >= 0.3 is 0 Å². The van der Waals surface area contributed by atoms with Gasteiger partial charge in [0.05, 0.1) is 35.0 Å². The Bertz CT molecular complexity index is 1720. The maximum absolute atomic E-state index is 14.0. The van der Waals surface area contributed by atoms with Crippen molar-refractivity contribution in [2.75, 3.05) is 19.6 Å². The van der Waals surface area contributed by atoms with Crippen molar-refractivity contribution in [3.63, 3.8) is 0 Å². The number of hydrogen-bond donors (Lipinski definition) is 1. The van der Waals surface area contributed by atoms with E-state index in [0.717, 1.165) is 35.3 Å². The van der Waals surface area contributed by atoms with Crippen molar-refractivity contribution >= 4 is 28.8 Å². The predicted molar refractivity (Wildman–Crippen MR) is 169 cm³/mol. The quantitative estimate of drug-likeness (QED) is 0.374. The minimum Gasteiger partial charge on any atom is -0.344 e. The first-order valence-electron chi connectivity index (χ1n) is 15.9. The van der Waals surface area contributed by atoms with E-state index in [1.807, 2.05) is 61.9 Å². The summed E-state index contributed by atoms with van der Waals surface area (Å²) in [7, 11) is 0. The second kappa shape index (κ2) is 13.1. The van der Waals surface area contributed by atoms with Gasteiger partial charge in [-0.05, 0) is 76.6 Å². The van der Waals surface area contributed by atoms with E-state index in [1.165, 1.54) is 0 Å². The molecule has 2 aromatic heterocycles. The third-order valence-electron chi connectivity index (χ3n) is 8.85. The zero-order chi connectivity index (χ0) is 31.5. The molecule has 1 N–H and O–H groups in total. The third-order valence-corrected chi connectivity index (χ3v) is 8.85. The normalized spacial score (nSPS) is 19.9. The Labute approximate surface area is 263 Å². The lowest BCUT2D eigenvalue weighted by atomic mass is 9.99. The molecule has 11 heteroatoms. The number of carbonyl (C=O) groups is 3. The molecule has 45 heavy (non-hydrogen) atoms. The van der Waals surface area contributed by atoms with Crippen LogP contribution < -0.4 is 5.32 Å². The second-order valence-corrected chi connectivity index (χ2v) is 12.1. The van der Waals surface area contributed by atoms with Gasteiger partial charge in [0.2, 0.25) is 11.8 Å². The first kappa shape index (κ1) is 30.4. The number of fused-ring (bicyclic) bond motifs is 3. The zero-order valence-corrected chi connectivity index (χ0v) is 26.2. The molecule has 4 aromatic rings. The van der Waals surface area contributed by atoms with Crippen LogP contribution in [0.15, 0.2) is 48.5 Å². The van der Waals surface area contributed by atoms with Crippen LogP contribution in [0.2, 0.25) is 0 Å². The first-order valence-corrected chi connectivity index (χ1v) is 15.9. The Hall–Kier alpha value is -4.67. The van der Waals surface area contributed by atoms with Gasteiger partial charge in [-0.25, -0.2) is 19.6 Å². The van der Waals surface area contributed by atoms with Gasteiger partial charge in [0.15, 0.2) is 0 Å². The van der Waals surface area contributed by atoms with Gasteiger partial charge in [0, 0.05) is 31.6 Å². The lowest BCUT2D eigenvalue weighted by Crippen LogP contribution is -2.53. The molecule has 1 saturated heterocycles. The summed E-state index contributed by atoms with van der Waals surface area (Å²) in [5.41, 5.74) is 4.67. The van der Waals surface area contributed by atoms with E-state index in [-0.39, 0.29) is 24.1 Å². The van der Waals surface area contributed by atoms with E-state index < -0.39 is 12.1 Å². The summed E-state index contributed by atoms with van der Waals surface area (Å²) in [5.74, 6) is 0.877. The molecule has 234 valence electrons. The highest BCUT2D eigenvalue weighted by atomic mass is 16.2. The van der Waals surface area contributed by atoms with Gasteiger partial charge in [0.25, 0.3) is 5.91 Å². The number of rotatable bonds is 3. The summed E-state index contributed by atoms with van der Waals surface area (Å²) in [4.78, 5) is 58.8. The fourth-order valence-electron chi connectivity index (χ4n) is 6.36. The first-order chi connectivity index (χ1) is 21.8. The molecule has 2 aliphatic heterocycles. The van der Waals surface area contributed by atoms with Crippen LogP contribution in [0.5, 0.6) is 0 Å². The number of nitrogens with zero attached hydrogens (tertiary/aromatic N) is 7. The monoisotopic (exact) mass is 608 g/mol. The molecule has 0 radical (unpaired) electrons. The van der Waals surface area contributed by atoms with Crippen LogP contribution in [-0.2, 0) is 22.6 Å². The van der Waals surface area contributed by atoms with Crippen molar-refractivity contribution in [2.45, 2.75) is 77.9 Å².